The smallest absolute Gasteiger partial charge is 0.213 e. The van der Waals surface area contributed by atoms with Gasteiger partial charge in [-0.2, -0.15) is 0 Å². The molecule has 2 nitrogen and oxygen atoms in total. The highest BCUT2D eigenvalue weighted by Gasteiger charge is 2.13. The first-order chi connectivity index (χ1) is 6.51. The maximum Gasteiger partial charge on any atom is 0.213 e. The zero-order valence-corrected chi connectivity index (χ0v) is 11.0. The Labute approximate surface area is 91.1 Å². The van der Waals surface area contributed by atoms with Crippen LogP contribution in [0.3, 0.4) is 0 Å². The lowest BCUT2D eigenvalue weighted by Gasteiger charge is -2.14. The second kappa shape index (κ2) is 4.84. The van der Waals surface area contributed by atoms with Crippen molar-refractivity contribution >= 4 is 19.8 Å². The Bertz CT molecular complexity index is 298. The predicted molar refractivity (Wildman–Crippen MR) is 64.9 cm³/mol. The molecular formula is C10H17NOSSi. The minimum Gasteiger partial charge on any atom is -0.481 e. The lowest BCUT2D eigenvalue weighted by molar-refractivity contribution is 0.394. The standard InChI is InChI=1S/C10H17NOSSi/c1-12-9-6-5-7-10(11-9)13-8-14(2,3)4/h5-7H,8H2,1-4H3. The molecule has 0 aliphatic heterocycles. The van der Waals surface area contributed by atoms with Crippen LogP contribution in [-0.2, 0) is 0 Å². The summed E-state index contributed by atoms with van der Waals surface area (Å²) in [6.07, 6.45) is 0. The molecule has 14 heavy (non-hydrogen) atoms. The molecule has 0 atom stereocenters. The SMILES string of the molecule is COc1cccc(SC[Si](C)(C)C)n1. The summed E-state index contributed by atoms with van der Waals surface area (Å²) in [5.41, 5.74) is 0. The first kappa shape index (κ1) is 11.6. The Hall–Kier alpha value is -0.483. The fourth-order valence-electron chi connectivity index (χ4n) is 0.880. The zero-order chi connectivity index (χ0) is 10.6. The lowest BCUT2D eigenvalue weighted by Crippen LogP contribution is -2.23. The topological polar surface area (TPSA) is 22.1 Å². The molecule has 0 bridgehead atoms. The van der Waals surface area contributed by atoms with Gasteiger partial charge in [-0.15, -0.1) is 11.8 Å². The molecule has 0 aliphatic carbocycles. The van der Waals surface area contributed by atoms with Crippen molar-refractivity contribution in [2.24, 2.45) is 0 Å². The average Bonchev–Trinajstić information content (AvgIpc) is 2.14. The first-order valence-electron chi connectivity index (χ1n) is 4.65. The van der Waals surface area contributed by atoms with Crippen LogP contribution in [0.4, 0.5) is 0 Å². The van der Waals surface area contributed by atoms with Crippen molar-refractivity contribution in [2.75, 3.05) is 12.5 Å². The van der Waals surface area contributed by atoms with Crippen LogP contribution in [0.1, 0.15) is 0 Å². The largest absolute Gasteiger partial charge is 0.481 e. The fraction of sp³-hybridized carbons (Fsp3) is 0.500. The van der Waals surface area contributed by atoms with E-state index in [9.17, 15) is 0 Å². The van der Waals surface area contributed by atoms with Crippen molar-refractivity contribution in [2.45, 2.75) is 24.7 Å². The second-order valence-electron chi connectivity index (χ2n) is 4.37. The van der Waals surface area contributed by atoms with E-state index in [1.807, 2.05) is 30.0 Å². The molecule has 0 radical (unpaired) electrons. The Morgan fingerprint density at radius 3 is 2.64 bits per heavy atom. The molecule has 78 valence electrons. The van der Waals surface area contributed by atoms with Crippen LogP contribution in [-0.4, -0.2) is 25.5 Å². The number of ether oxygens (including phenoxy) is 1. The molecule has 0 fully saturated rings. The Morgan fingerprint density at radius 1 is 1.36 bits per heavy atom. The Kier molecular flexibility index (Phi) is 4.01. The third-order valence-electron chi connectivity index (χ3n) is 1.56. The highest BCUT2D eigenvalue weighted by Crippen LogP contribution is 2.21. The minimum absolute atomic E-state index is 0.700. The summed E-state index contributed by atoms with van der Waals surface area (Å²) >= 11 is 1.83. The number of hydrogen-bond acceptors (Lipinski definition) is 3. The van der Waals surface area contributed by atoms with Crippen molar-refractivity contribution in [3.63, 3.8) is 0 Å². The third kappa shape index (κ3) is 4.15. The molecule has 4 heteroatoms. The molecule has 0 saturated carbocycles. The number of pyridine rings is 1. The number of rotatable bonds is 4. The molecule has 0 unspecified atom stereocenters. The number of nitrogens with zero attached hydrogens (tertiary/aromatic N) is 1. The van der Waals surface area contributed by atoms with Crippen molar-refractivity contribution in [1.29, 1.82) is 0 Å². The third-order valence-corrected chi connectivity index (χ3v) is 6.12. The van der Waals surface area contributed by atoms with Gasteiger partial charge in [0.2, 0.25) is 5.88 Å². The number of hydrogen-bond donors (Lipinski definition) is 0. The molecule has 1 heterocycles. The fourth-order valence-corrected chi connectivity index (χ4v) is 3.53. The maximum atomic E-state index is 5.07. The summed E-state index contributed by atoms with van der Waals surface area (Å²) in [5.74, 6) is 0.700. The molecule has 0 amide bonds. The lowest BCUT2D eigenvalue weighted by atomic mass is 10.5. The minimum atomic E-state index is -0.985. The van der Waals surface area contributed by atoms with Crippen molar-refractivity contribution in [3.05, 3.63) is 18.2 Å². The maximum absolute atomic E-state index is 5.07. The van der Waals surface area contributed by atoms with Crippen molar-refractivity contribution < 1.29 is 4.74 Å². The van der Waals surface area contributed by atoms with Crippen LogP contribution in [0.5, 0.6) is 5.88 Å². The van der Waals surface area contributed by atoms with Crippen molar-refractivity contribution in [1.82, 2.24) is 4.98 Å². The first-order valence-corrected chi connectivity index (χ1v) is 9.34. The molecule has 0 spiro atoms. The monoisotopic (exact) mass is 227 g/mol. The van der Waals surface area contributed by atoms with E-state index in [-0.39, 0.29) is 0 Å². The van der Waals surface area contributed by atoms with E-state index in [1.54, 1.807) is 7.11 Å². The van der Waals surface area contributed by atoms with E-state index in [1.165, 1.54) is 5.38 Å². The molecule has 0 saturated heterocycles. The van der Waals surface area contributed by atoms with Crippen LogP contribution in [0.2, 0.25) is 19.6 Å². The van der Waals surface area contributed by atoms with Gasteiger partial charge in [-0.3, -0.25) is 0 Å². The normalized spacial score (nSPS) is 11.4. The Morgan fingerprint density at radius 2 is 2.07 bits per heavy atom. The molecule has 0 aromatic carbocycles. The van der Waals surface area contributed by atoms with Gasteiger partial charge in [0.25, 0.3) is 0 Å². The summed E-state index contributed by atoms with van der Waals surface area (Å²) in [4.78, 5) is 4.36. The molecule has 0 N–H and O–H groups in total. The van der Waals surface area contributed by atoms with E-state index in [0.717, 1.165) is 5.03 Å². The van der Waals surface area contributed by atoms with E-state index in [4.69, 9.17) is 4.74 Å². The van der Waals surface area contributed by atoms with Gasteiger partial charge in [0, 0.05) is 6.07 Å². The van der Waals surface area contributed by atoms with Gasteiger partial charge in [-0.1, -0.05) is 25.7 Å². The van der Waals surface area contributed by atoms with Gasteiger partial charge in [0.15, 0.2) is 0 Å². The van der Waals surface area contributed by atoms with Gasteiger partial charge in [0.1, 0.15) is 0 Å². The summed E-state index contributed by atoms with van der Waals surface area (Å²) in [6.45, 7) is 7.08. The van der Waals surface area contributed by atoms with E-state index >= 15 is 0 Å². The van der Waals surface area contributed by atoms with E-state index < -0.39 is 8.07 Å². The van der Waals surface area contributed by atoms with Crippen LogP contribution in [0.25, 0.3) is 0 Å². The number of thioether (sulfide) groups is 1. The van der Waals surface area contributed by atoms with Crippen molar-refractivity contribution in [3.8, 4) is 5.88 Å². The summed E-state index contributed by atoms with van der Waals surface area (Å²) < 4.78 is 5.07. The number of methoxy groups -OCH3 is 1. The summed E-state index contributed by atoms with van der Waals surface area (Å²) in [5, 5.41) is 2.26. The molecule has 1 rings (SSSR count). The van der Waals surface area contributed by atoms with Gasteiger partial charge < -0.3 is 4.74 Å². The highest BCUT2D eigenvalue weighted by atomic mass is 32.2. The van der Waals surface area contributed by atoms with Crippen LogP contribution < -0.4 is 4.74 Å². The molecular weight excluding hydrogens is 210 g/mol. The molecule has 0 aliphatic rings. The predicted octanol–water partition coefficient (Wildman–Crippen LogP) is 3.06. The zero-order valence-electron chi connectivity index (χ0n) is 9.20. The van der Waals surface area contributed by atoms with Crippen LogP contribution >= 0.6 is 11.8 Å². The second-order valence-corrected chi connectivity index (χ2v) is 11.4. The molecule has 1 aromatic heterocycles. The van der Waals surface area contributed by atoms with Gasteiger partial charge in [-0.25, -0.2) is 4.98 Å². The van der Waals surface area contributed by atoms with E-state index in [2.05, 4.69) is 24.6 Å². The van der Waals surface area contributed by atoms with Gasteiger partial charge in [-0.05, 0) is 11.4 Å². The van der Waals surface area contributed by atoms with Gasteiger partial charge >= 0.3 is 0 Å². The summed E-state index contributed by atoms with van der Waals surface area (Å²) in [7, 11) is 0.663. The van der Waals surface area contributed by atoms with Gasteiger partial charge in [0.05, 0.1) is 20.2 Å². The molecule has 1 aromatic rings. The Balaban J connectivity index is 2.59. The number of aromatic nitrogens is 1. The quantitative estimate of drug-likeness (QED) is 0.583. The van der Waals surface area contributed by atoms with Crippen LogP contribution in [0.15, 0.2) is 23.2 Å². The average molecular weight is 227 g/mol. The van der Waals surface area contributed by atoms with Crippen LogP contribution in [0, 0.1) is 0 Å². The van der Waals surface area contributed by atoms with E-state index in [0.29, 0.717) is 5.88 Å². The summed E-state index contributed by atoms with van der Waals surface area (Å²) in [6, 6.07) is 5.89. The highest BCUT2D eigenvalue weighted by molar-refractivity contribution is 8.00.